The number of halogens is 1. The summed E-state index contributed by atoms with van der Waals surface area (Å²) < 4.78 is 1.64. The topological polar surface area (TPSA) is 91.4 Å². The average molecular weight is 325 g/mol. The van der Waals surface area contributed by atoms with Crippen LogP contribution in [0, 0.1) is 0 Å². The van der Waals surface area contributed by atoms with Gasteiger partial charge in [-0.3, -0.25) is 0 Å². The van der Waals surface area contributed by atoms with Crippen molar-refractivity contribution in [3.63, 3.8) is 0 Å². The molecule has 7 heteroatoms. The largest absolute Gasteiger partial charge is 1.00 e. The van der Waals surface area contributed by atoms with Gasteiger partial charge in [0.1, 0.15) is 0 Å². The number of rotatable bonds is 3. The maximum absolute atomic E-state index is 11.0. The van der Waals surface area contributed by atoms with Crippen LogP contribution in [0.5, 0.6) is 0 Å². The molecule has 2 aromatic heterocycles. The molecule has 0 aromatic carbocycles. The Morgan fingerprint density at radius 2 is 1.68 bits per heavy atom. The third kappa shape index (κ3) is 3.14. The summed E-state index contributed by atoms with van der Waals surface area (Å²) >= 11 is 0. The van der Waals surface area contributed by atoms with Crippen molar-refractivity contribution in [3.05, 3.63) is 54.1 Å². The number of pyridine rings is 2. The smallest absolute Gasteiger partial charge is 0.355 e. The van der Waals surface area contributed by atoms with Crippen LogP contribution in [0.1, 0.15) is 20.8 Å². The third-order valence-corrected chi connectivity index (χ3v) is 2.32. The molecule has 6 nitrogen and oxygen atoms in total. The lowest BCUT2D eigenvalue weighted by Crippen LogP contribution is -3.00. The lowest BCUT2D eigenvalue weighted by Gasteiger charge is -2.01. The number of aromatic carboxylic acids is 2. The maximum Gasteiger partial charge on any atom is 0.355 e. The number of carbonyl (C=O) groups is 2. The van der Waals surface area contributed by atoms with Gasteiger partial charge < -0.3 is 27.2 Å². The summed E-state index contributed by atoms with van der Waals surface area (Å²) in [5.74, 6) is -2.68. The van der Waals surface area contributed by atoms with E-state index in [1.165, 1.54) is 12.3 Å². The Kier molecular flexibility index (Phi) is 4.71. The molecule has 0 saturated heterocycles. The summed E-state index contributed by atoms with van der Waals surface area (Å²) in [6.45, 7) is 0. The van der Waals surface area contributed by atoms with Crippen LogP contribution in [0.2, 0.25) is 0 Å². The maximum atomic E-state index is 11.0. The fourth-order valence-electron chi connectivity index (χ4n) is 1.50. The highest BCUT2D eigenvalue weighted by molar-refractivity contribution is 6.00. The van der Waals surface area contributed by atoms with Gasteiger partial charge in [-0.15, -0.1) is 0 Å². The van der Waals surface area contributed by atoms with Crippen molar-refractivity contribution >= 4 is 11.9 Å². The van der Waals surface area contributed by atoms with E-state index in [4.69, 9.17) is 10.2 Å². The molecule has 0 saturated carbocycles. The molecule has 98 valence electrons. The van der Waals surface area contributed by atoms with E-state index in [1.807, 2.05) is 6.07 Å². The molecule has 19 heavy (non-hydrogen) atoms. The van der Waals surface area contributed by atoms with Gasteiger partial charge in [-0.1, -0.05) is 6.07 Å². The molecule has 2 heterocycles. The Hall–Kier alpha value is -2.28. The lowest BCUT2D eigenvalue weighted by atomic mass is 10.2. The molecule has 2 N–H and O–H groups in total. The Bertz CT molecular complexity index is 616. The molecule has 2 rings (SSSR count). The number of hydrogen-bond acceptors (Lipinski definition) is 3. The first kappa shape index (κ1) is 14.8. The summed E-state index contributed by atoms with van der Waals surface area (Å²) in [6.07, 6.45) is 4.74. The number of carboxylic acids is 2. The highest BCUT2D eigenvalue weighted by Crippen LogP contribution is 2.09. The zero-order valence-corrected chi connectivity index (χ0v) is 11.1. The number of nitrogens with zero attached hydrogens (tertiary/aromatic N) is 2. The number of aromatic nitrogens is 2. The zero-order valence-electron chi connectivity index (χ0n) is 9.52. The van der Waals surface area contributed by atoms with Gasteiger partial charge in [-0.05, 0) is 0 Å². The molecule has 0 aliphatic heterocycles. The van der Waals surface area contributed by atoms with Crippen LogP contribution in [0.25, 0.3) is 5.69 Å². The van der Waals surface area contributed by atoms with Crippen molar-refractivity contribution in [1.29, 1.82) is 0 Å². The predicted octanol–water partition coefficient (Wildman–Crippen LogP) is -2.24. The van der Waals surface area contributed by atoms with E-state index in [2.05, 4.69) is 4.98 Å². The Labute approximate surface area is 118 Å². The van der Waals surface area contributed by atoms with Crippen LogP contribution in [-0.2, 0) is 0 Å². The number of hydrogen-bond donors (Lipinski definition) is 2. The minimum absolute atomic E-state index is 0. The second kappa shape index (κ2) is 6.05. The predicted molar refractivity (Wildman–Crippen MR) is 59.7 cm³/mol. The highest BCUT2D eigenvalue weighted by Gasteiger charge is 2.20. The Balaban J connectivity index is 0.00000180. The summed E-state index contributed by atoms with van der Waals surface area (Å²) in [4.78, 5) is 25.5. The standard InChI is InChI=1S/C12H8N2O4.BrH/c15-11(16)9-6-8(7-13-10(9)12(17)18)14-4-2-1-3-5-14;/h1-7H,(H-,15,16,17,18);1H. The first-order valence-electron chi connectivity index (χ1n) is 5.03. The molecule has 0 aliphatic carbocycles. The van der Waals surface area contributed by atoms with Crippen molar-refractivity contribution in [2.45, 2.75) is 0 Å². The molecule has 0 bridgehead atoms. The summed E-state index contributed by atoms with van der Waals surface area (Å²) in [5, 5.41) is 17.8. The van der Waals surface area contributed by atoms with Crippen LogP contribution in [0.3, 0.4) is 0 Å². The molecule has 2 aromatic rings. The van der Waals surface area contributed by atoms with Gasteiger partial charge in [-0.25, -0.2) is 14.6 Å². The minimum atomic E-state index is -1.36. The number of carboxylic acid groups (broad SMARTS) is 2. The normalized spacial score (nSPS) is 9.47. The monoisotopic (exact) mass is 324 g/mol. The van der Waals surface area contributed by atoms with Crippen molar-refractivity contribution in [1.82, 2.24) is 4.98 Å². The van der Waals surface area contributed by atoms with Crippen molar-refractivity contribution in [3.8, 4) is 5.69 Å². The van der Waals surface area contributed by atoms with E-state index < -0.39 is 17.6 Å². The van der Waals surface area contributed by atoms with Crippen LogP contribution < -0.4 is 21.5 Å². The summed E-state index contributed by atoms with van der Waals surface area (Å²) in [6, 6.07) is 6.63. The van der Waals surface area contributed by atoms with E-state index in [9.17, 15) is 9.59 Å². The van der Waals surface area contributed by atoms with E-state index in [-0.39, 0.29) is 22.5 Å². The van der Waals surface area contributed by atoms with Crippen LogP contribution >= 0.6 is 0 Å². The van der Waals surface area contributed by atoms with Crippen molar-refractivity contribution < 1.29 is 41.4 Å². The molecule has 0 atom stereocenters. The second-order valence-corrected chi connectivity index (χ2v) is 3.48. The van der Waals surface area contributed by atoms with Gasteiger partial charge in [0, 0.05) is 18.2 Å². The molecule has 0 unspecified atom stereocenters. The molecule has 0 spiro atoms. The summed E-state index contributed by atoms with van der Waals surface area (Å²) in [7, 11) is 0. The molecule has 0 fully saturated rings. The van der Waals surface area contributed by atoms with Crippen molar-refractivity contribution in [2.24, 2.45) is 0 Å². The SMILES string of the molecule is O=C(O)c1cc(-[n+]2ccccc2)cnc1C(=O)O.[Br-]. The van der Waals surface area contributed by atoms with E-state index in [1.54, 1.807) is 29.1 Å². The second-order valence-electron chi connectivity index (χ2n) is 3.48. The highest BCUT2D eigenvalue weighted by atomic mass is 79.9. The quantitative estimate of drug-likeness (QED) is 0.623. The molecule has 0 aliphatic rings. The minimum Gasteiger partial charge on any atom is -1.00 e. The Morgan fingerprint density at radius 1 is 1.05 bits per heavy atom. The molecular formula is C12H9BrN2O4. The van der Waals surface area contributed by atoms with E-state index in [0.29, 0.717) is 5.69 Å². The zero-order chi connectivity index (χ0) is 13.1. The molecule has 0 radical (unpaired) electrons. The van der Waals surface area contributed by atoms with Crippen LogP contribution in [-0.4, -0.2) is 27.1 Å². The Morgan fingerprint density at radius 3 is 2.21 bits per heavy atom. The average Bonchev–Trinajstić information content (AvgIpc) is 2.39. The van der Waals surface area contributed by atoms with Gasteiger partial charge in [0.15, 0.2) is 18.1 Å². The third-order valence-electron chi connectivity index (χ3n) is 2.32. The van der Waals surface area contributed by atoms with E-state index in [0.717, 1.165) is 0 Å². The van der Waals surface area contributed by atoms with E-state index >= 15 is 0 Å². The van der Waals surface area contributed by atoms with Crippen LogP contribution in [0.4, 0.5) is 0 Å². The first-order chi connectivity index (χ1) is 8.59. The first-order valence-corrected chi connectivity index (χ1v) is 5.03. The molecule has 0 amide bonds. The fraction of sp³-hybridized carbons (Fsp3) is 0. The molecular weight excluding hydrogens is 316 g/mol. The van der Waals surface area contributed by atoms with Gasteiger partial charge in [0.05, 0.1) is 11.8 Å². The summed E-state index contributed by atoms with van der Waals surface area (Å²) in [5.41, 5.74) is -0.322. The van der Waals surface area contributed by atoms with Gasteiger partial charge >= 0.3 is 11.9 Å². The van der Waals surface area contributed by atoms with Gasteiger partial charge in [0.2, 0.25) is 5.69 Å². The van der Waals surface area contributed by atoms with Crippen LogP contribution in [0.15, 0.2) is 42.9 Å². The lowest BCUT2D eigenvalue weighted by molar-refractivity contribution is -0.596. The van der Waals surface area contributed by atoms with Gasteiger partial charge in [0.25, 0.3) is 0 Å². The van der Waals surface area contributed by atoms with Gasteiger partial charge in [-0.2, -0.15) is 4.57 Å². The van der Waals surface area contributed by atoms with Crippen molar-refractivity contribution in [2.75, 3.05) is 0 Å². The fourth-order valence-corrected chi connectivity index (χ4v) is 1.50.